The van der Waals surface area contributed by atoms with Crippen LogP contribution in [-0.4, -0.2) is 0 Å². The summed E-state index contributed by atoms with van der Waals surface area (Å²) in [6, 6.07) is 0. The Balaban J connectivity index is 0.000000151. The first kappa shape index (κ1) is 13.1. The maximum absolute atomic E-state index is 2.36. The van der Waals surface area contributed by atoms with E-state index < -0.39 is 0 Å². The molecule has 0 amide bonds. The molecular formula is C15H30. The molecule has 2 rings (SSSR count). The zero-order valence-electron chi connectivity index (χ0n) is 10.9. The second-order valence-electron chi connectivity index (χ2n) is 5.66. The number of hydrogen-bond donors (Lipinski definition) is 0. The highest BCUT2D eigenvalue weighted by molar-refractivity contribution is 4.63. The quantitative estimate of drug-likeness (QED) is 0.531. The van der Waals surface area contributed by atoms with Gasteiger partial charge in [0.05, 0.1) is 0 Å². The topological polar surface area (TPSA) is 0 Å². The van der Waals surface area contributed by atoms with Crippen LogP contribution in [0.4, 0.5) is 0 Å². The van der Waals surface area contributed by atoms with E-state index in [9.17, 15) is 0 Å². The Kier molecular flexibility index (Phi) is 7.13. The van der Waals surface area contributed by atoms with Crippen LogP contribution in [0, 0.1) is 11.8 Å². The van der Waals surface area contributed by atoms with Gasteiger partial charge in [0.1, 0.15) is 0 Å². The monoisotopic (exact) mass is 210 g/mol. The van der Waals surface area contributed by atoms with Crippen LogP contribution < -0.4 is 0 Å². The molecule has 2 fully saturated rings. The van der Waals surface area contributed by atoms with Gasteiger partial charge in [-0.2, -0.15) is 0 Å². The second-order valence-corrected chi connectivity index (χ2v) is 5.66. The van der Waals surface area contributed by atoms with Gasteiger partial charge in [-0.1, -0.05) is 84.5 Å². The van der Waals surface area contributed by atoms with Crippen molar-refractivity contribution < 1.29 is 0 Å². The van der Waals surface area contributed by atoms with Gasteiger partial charge < -0.3 is 0 Å². The Morgan fingerprint density at radius 3 is 1.47 bits per heavy atom. The lowest BCUT2D eigenvalue weighted by Gasteiger charge is -2.18. The maximum Gasteiger partial charge on any atom is -0.0417 e. The van der Waals surface area contributed by atoms with E-state index in [0.717, 1.165) is 11.8 Å². The number of rotatable bonds is 1. The standard InChI is InChI=1S/C8H16.C7H14/c1-2-8-6-4-3-5-7-8;1-7-5-3-2-4-6-7/h8H,2-7H2,1H3;7H,2-6H2,1H3. The smallest absolute Gasteiger partial charge is 0.0417 e. The van der Waals surface area contributed by atoms with Crippen LogP contribution in [-0.2, 0) is 0 Å². The van der Waals surface area contributed by atoms with E-state index >= 15 is 0 Å². The molecule has 0 nitrogen and oxygen atoms in total. The van der Waals surface area contributed by atoms with Crippen LogP contribution in [0.25, 0.3) is 0 Å². The van der Waals surface area contributed by atoms with Gasteiger partial charge in [0.25, 0.3) is 0 Å². The summed E-state index contributed by atoms with van der Waals surface area (Å²) >= 11 is 0. The normalized spacial score (nSPS) is 24.4. The lowest BCUT2D eigenvalue weighted by atomic mass is 9.88. The zero-order chi connectivity index (χ0) is 10.9. The van der Waals surface area contributed by atoms with Gasteiger partial charge >= 0.3 is 0 Å². The Morgan fingerprint density at radius 2 is 1.20 bits per heavy atom. The van der Waals surface area contributed by atoms with E-state index in [1.54, 1.807) is 0 Å². The molecule has 0 bridgehead atoms. The Hall–Kier alpha value is 0. The molecule has 90 valence electrons. The molecule has 2 aliphatic rings. The van der Waals surface area contributed by atoms with Crippen molar-refractivity contribution >= 4 is 0 Å². The van der Waals surface area contributed by atoms with Crippen LogP contribution in [0.1, 0.15) is 84.5 Å². The minimum atomic E-state index is 1.04. The van der Waals surface area contributed by atoms with Crippen LogP contribution in [0.2, 0.25) is 0 Å². The largest absolute Gasteiger partial charge is 0.0651 e. The molecule has 0 heterocycles. The average Bonchev–Trinajstić information content (AvgIpc) is 2.32. The second kappa shape index (κ2) is 8.19. The van der Waals surface area contributed by atoms with E-state index in [4.69, 9.17) is 0 Å². The molecule has 0 N–H and O–H groups in total. The molecule has 2 aliphatic carbocycles. The van der Waals surface area contributed by atoms with Crippen molar-refractivity contribution in [3.63, 3.8) is 0 Å². The van der Waals surface area contributed by atoms with Gasteiger partial charge in [0.15, 0.2) is 0 Å². The molecule has 0 unspecified atom stereocenters. The molecule has 0 aliphatic heterocycles. The summed E-state index contributed by atoms with van der Waals surface area (Å²) in [4.78, 5) is 0. The minimum absolute atomic E-state index is 1.04. The van der Waals surface area contributed by atoms with Crippen molar-refractivity contribution in [2.24, 2.45) is 11.8 Å². The van der Waals surface area contributed by atoms with Crippen molar-refractivity contribution in [3.8, 4) is 0 Å². The van der Waals surface area contributed by atoms with Crippen LogP contribution in [0.5, 0.6) is 0 Å². The Morgan fingerprint density at radius 1 is 0.733 bits per heavy atom. The summed E-state index contributed by atoms with van der Waals surface area (Å²) in [7, 11) is 0. The van der Waals surface area contributed by atoms with Crippen molar-refractivity contribution in [2.45, 2.75) is 84.5 Å². The molecule has 15 heavy (non-hydrogen) atoms. The fourth-order valence-corrected chi connectivity index (χ4v) is 2.90. The third-order valence-electron chi connectivity index (χ3n) is 4.20. The van der Waals surface area contributed by atoms with Crippen molar-refractivity contribution in [1.82, 2.24) is 0 Å². The lowest BCUT2D eigenvalue weighted by Crippen LogP contribution is -2.03. The van der Waals surface area contributed by atoms with Gasteiger partial charge in [-0.15, -0.1) is 0 Å². The van der Waals surface area contributed by atoms with Crippen molar-refractivity contribution in [1.29, 1.82) is 0 Å². The van der Waals surface area contributed by atoms with E-state index in [2.05, 4.69) is 13.8 Å². The van der Waals surface area contributed by atoms with E-state index in [-0.39, 0.29) is 0 Å². The molecule has 0 saturated heterocycles. The Labute approximate surface area is 96.8 Å². The molecule has 0 atom stereocenters. The minimum Gasteiger partial charge on any atom is -0.0651 e. The molecule has 0 aromatic heterocycles. The SMILES string of the molecule is CC1CCCCC1.CCC1CCCCC1. The molecular weight excluding hydrogens is 180 g/mol. The van der Waals surface area contributed by atoms with Gasteiger partial charge in [-0.3, -0.25) is 0 Å². The number of hydrogen-bond acceptors (Lipinski definition) is 0. The predicted octanol–water partition coefficient (Wildman–Crippen LogP) is 5.56. The summed E-state index contributed by atoms with van der Waals surface area (Å²) in [6.07, 6.45) is 16.4. The maximum atomic E-state index is 2.36. The summed E-state index contributed by atoms with van der Waals surface area (Å²) in [5.41, 5.74) is 0. The summed E-state index contributed by atoms with van der Waals surface area (Å²) in [5, 5.41) is 0. The van der Waals surface area contributed by atoms with Crippen molar-refractivity contribution in [2.75, 3.05) is 0 Å². The van der Waals surface area contributed by atoms with E-state index in [1.165, 1.54) is 70.6 Å². The predicted molar refractivity (Wildman–Crippen MR) is 69.1 cm³/mol. The van der Waals surface area contributed by atoms with Gasteiger partial charge in [0, 0.05) is 0 Å². The molecule has 0 aromatic carbocycles. The third kappa shape index (κ3) is 6.22. The third-order valence-corrected chi connectivity index (χ3v) is 4.20. The molecule has 0 spiro atoms. The fourth-order valence-electron chi connectivity index (χ4n) is 2.90. The zero-order valence-corrected chi connectivity index (χ0v) is 10.9. The molecule has 0 aromatic rings. The van der Waals surface area contributed by atoms with Gasteiger partial charge in [-0.25, -0.2) is 0 Å². The first-order valence-electron chi connectivity index (χ1n) is 7.33. The van der Waals surface area contributed by atoms with E-state index in [0.29, 0.717) is 0 Å². The lowest BCUT2D eigenvalue weighted by molar-refractivity contribution is 0.349. The van der Waals surface area contributed by atoms with Gasteiger partial charge in [-0.05, 0) is 11.8 Å². The Bertz CT molecular complexity index is 127. The first-order chi connectivity index (χ1) is 7.33. The van der Waals surface area contributed by atoms with Crippen molar-refractivity contribution in [3.05, 3.63) is 0 Å². The van der Waals surface area contributed by atoms with Crippen LogP contribution in [0.3, 0.4) is 0 Å². The summed E-state index contributed by atoms with van der Waals surface area (Å²) < 4.78 is 0. The van der Waals surface area contributed by atoms with Gasteiger partial charge in [0.2, 0.25) is 0 Å². The van der Waals surface area contributed by atoms with E-state index in [1.807, 2.05) is 0 Å². The first-order valence-corrected chi connectivity index (χ1v) is 7.33. The molecule has 0 radical (unpaired) electrons. The van der Waals surface area contributed by atoms with Crippen LogP contribution in [0.15, 0.2) is 0 Å². The average molecular weight is 210 g/mol. The highest BCUT2D eigenvalue weighted by Gasteiger charge is 2.09. The highest BCUT2D eigenvalue weighted by Crippen LogP contribution is 2.25. The highest BCUT2D eigenvalue weighted by atomic mass is 14.2. The molecule has 0 heteroatoms. The molecule has 2 saturated carbocycles. The van der Waals surface area contributed by atoms with Crippen LogP contribution >= 0.6 is 0 Å². The summed E-state index contributed by atoms with van der Waals surface area (Å²) in [5.74, 6) is 2.12. The fraction of sp³-hybridized carbons (Fsp3) is 1.00. The summed E-state index contributed by atoms with van der Waals surface area (Å²) in [6.45, 7) is 4.68.